The SMILES string of the molecule is CCCCN1[C@H](c2c(F)cc(/C=C/C(=O)O)cc2F)c2[nH]c3ccccc3c2C[C@H]1C. The van der Waals surface area contributed by atoms with E-state index in [-0.39, 0.29) is 17.2 Å². The maximum atomic E-state index is 15.3. The molecule has 0 aliphatic carbocycles. The van der Waals surface area contributed by atoms with Crippen molar-refractivity contribution < 1.29 is 18.7 Å². The van der Waals surface area contributed by atoms with Gasteiger partial charge in [0.15, 0.2) is 0 Å². The average Bonchev–Trinajstić information content (AvgIpc) is 3.09. The molecule has 31 heavy (non-hydrogen) atoms. The summed E-state index contributed by atoms with van der Waals surface area (Å²) >= 11 is 0. The molecule has 0 fully saturated rings. The second kappa shape index (κ2) is 8.63. The summed E-state index contributed by atoms with van der Waals surface area (Å²) in [4.78, 5) is 16.4. The standard InChI is InChI=1S/C25H26F2N2O2/c1-3-4-11-29-15(2)12-18-17-7-5-6-8-21(17)28-24(18)25(29)23-19(26)13-16(14-20(23)27)9-10-22(30)31/h5-10,13-15,25,28H,3-4,11-12H2,1-2H3,(H,30,31)/b10-9+/t15-,25-/m1/s1. The molecule has 2 aromatic carbocycles. The Morgan fingerprint density at radius 2 is 1.97 bits per heavy atom. The van der Waals surface area contributed by atoms with E-state index in [1.54, 1.807) is 0 Å². The van der Waals surface area contributed by atoms with Crippen LogP contribution in [0.5, 0.6) is 0 Å². The smallest absolute Gasteiger partial charge is 0.328 e. The summed E-state index contributed by atoms with van der Waals surface area (Å²) in [6, 6.07) is 9.91. The van der Waals surface area contributed by atoms with Gasteiger partial charge in [0, 0.05) is 34.3 Å². The van der Waals surface area contributed by atoms with Crippen molar-refractivity contribution >= 4 is 22.9 Å². The number of halogens is 2. The van der Waals surface area contributed by atoms with Crippen LogP contribution >= 0.6 is 0 Å². The van der Waals surface area contributed by atoms with Gasteiger partial charge in [-0.05, 0) is 61.7 Å². The lowest BCUT2D eigenvalue weighted by Crippen LogP contribution is -2.43. The molecule has 1 aliphatic rings. The Morgan fingerprint density at radius 3 is 2.65 bits per heavy atom. The van der Waals surface area contributed by atoms with Gasteiger partial charge in [-0.3, -0.25) is 4.90 Å². The quantitative estimate of drug-likeness (QED) is 0.501. The monoisotopic (exact) mass is 424 g/mol. The fourth-order valence-corrected chi connectivity index (χ4v) is 4.64. The van der Waals surface area contributed by atoms with Crippen LogP contribution in [0.3, 0.4) is 0 Å². The molecule has 0 saturated heterocycles. The van der Waals surface area contributed by atoms with E-state index in [1.807, 2.05) is 24.3 Å². The maximum absolute atomic E-state index is 15.3. The van der Waals surface area contributed by atoms with E-state index in [0.717, 1.165) is 54.0 Å². The van der Waals surface area contributed by atoms with Gasteiger partial charge in [-0.25, -0.2) is 13.6 Å². The lowest BCUT2D eigenvalue weighted by molar-refractivity contribution is -0.131. The zero-order chi connectivity index (χ0) is 22.1. The van der Waals surface area contributed by atoms with Crippen molar-refractivity contribution in [1.82, 2.24) is 9.88 Å². The molecule has 6 heteroatoms. The van der Waals surface area contributed by atoms with Crippen molar-refractivity contribution in [2.75, 3.05) is 6.54 Å². The van der Waals surface area contributed by atoms with Gasteiger partial charge < -0.3 is 10.1 Å². The second-order valence-electron chi connectivity index (χ2n) is 8.18. The van der Waals surface area contributed by atoms with Crippen LogP contribution in [0.2, 0.25) is 0 Å². The lowest BCUT2D eigenvalue weighted by atomic mass is 9.87. The maximum Gasteiger partial charge on any atom is 0.328 e. The first-order valence-corrected chi connectivity index (χ1v) is 10.7. The number of aromatic nitrogens is 1. The highest BCUT2D eigenvalue weighted by Crippen LogP contribution is 2.42. The number of para-hydroxylation sites is 1. The number of carboxylic acids is 1. The summed E-state index contributed by atoms with van der Waals surface area (Å²) < 4.78 is 30.7. The number of nitrogens with zero attached hydrogens (tertiary/aromatic N) is 1. The first kappa shape index (κ1) is 21.2. The van der Waals surface area contributed by atoms with Gasteiger partial charge in [-0.2, -0.15) is 0 Å². The number of benzene rings is 2. The summed E-state index contributed by atoms with van der Waals surface area (Å²) in [6.07, 6.45) is 4.80. The van der Waals surface area contributed by atoms with Gasteiger partial charge in [-0.15, -0.1) is 0 Å². The van der Waals surface area contributed by atoms with E-state index in [9.17, 15) is 4.79 Å². The van der Waals surface area contributed by atoms with Crippen molar-refractivity contribution in [1.29, 1.82) is 0 Å². The van der Waals surface area contributed by atoms with Crippen LogP contribution in [0, 0.1) is 11.6 Å². The number of H-pyrrole nitrogens is 1. The highest BCUT2D eigenvalue weighted by Gasteiger charge is 2.38. The molecule has 162 valence electrons. The van der Waals surface area contributed by atoms with E-state index >= 15 is 8.78 Å². The van der Waals surface area contributed by atoms with E-state index in [4.69, 9.17) is 5.11 Å². The van der Waals surface area contributed by atoms with Gasteiger partial charge in [0.2, 0.25) is 0 Å². The number of fused-ring (bicyclic) bond motifs is 3. The molecule has 4 nitrogen and oxygen atoms in total. The number of unbranched alkanes of at least 4 members (excludes halogenated alkanes) is 1. The van der Waals surface area contributed by atoms with Crippen molar-refractivity contribution in [3.8, 4) is 0 Å². The van der Waals surface area contributed by atoms with Crippen LogP contribution < -0.4 is 0 Å². The normalized spacial score (nSPS) is 19.2. The van der Waals surface area contributed by atoms with Gasteiger partial charge in [0.1, 0.15) is 11.6 Å². The number of nitrogens with one attached hydrogen (secondary N) is 1. The van der Waals surface area contributed by atoms with E-state index in [2.05, 4.69) is 23.7 Å². The Labute approximate surface area is 180 Å². The summed E-state index contributed by atoms with van der Waals surface area (Å²) in [6.45, 7) is 4.94. The highest BCUT2D eigenvalue weighted by molar-refractivity contribution is 5.86. The zero-order valence-electron chi connectivity index (χ0n) is 17.7. The first-order valence-electron chi connectivity index (χ1n) is 10.7. The number of carbonyl (C=O) groups is 1. The third-order valence-electron chi connectivity index (χ3n) is 6.08. The molecule has 4 rings (SSSR count). The number of hydrogen-bond donors (Lipinski definition) is 2. The predicted octanol–water partition coefficient (Wildman–Crippen LogP) is 5.68. The third kappa shape index (κ3) is 4.00. The minimum Gasteiger partial charge on any atom is -0.478 e. The van der Waals surface area contributed by atoms with E-state index < -0.39 is 23.6 Å². The number of rotatable bonds is 6. The van der Waals surface area contributed by atoms with Crippen molar-refractivity contribution in [3.63, 3.8) is 0 Å². The molecule has 0 amide bonds. The molecular weight excluding hydrogens is 398 g/mol. The molecule has 1 aliphatic heterocycles. The molecule has 3 aromatic rings. The molecule has 0 unspecified atom stereocenters. The second-order valence-corrected chi connectivity index (χ2v) is 8.18. The van der Waals surface area contributed by atoms with Gasteiger partial charge >= 0.3 is 5.97 Å². The molecule has 0 radical (unpaired) electrons. The number of aromatic amines is 1. The molecule has 0 bridgehead atoms. The number of aliphatic carboxylic acids is 1. The van der Waals surface area contributed by atoms with Crippen molar-refractivity contribution in [3.05, 3.63) is 76.5 Å². The first-order chi connectivity index (χ1) is 14.9. The van der Waals surface area contributed by atoms with Gasteiger partial charge in [0.05, 0.1) is 6.04 Å². The molecule has 2 atom stereocenters. The Balaban J connectivity index is 1.88. The number of carboxylic acid groups (broad SMARTS) is 1. The summed E-state index contributed by atoms with van der Waals surface area (Å²) in [5.74, 6) is -2.51. The Bertz CT molecular complexity index is 1130. The fraction of sp³-hybridized carbons (Fsp3) is 0.320. The molecule has 1 aromatic heterocycles. The lowest BCUT2D eigenvalue weighted by Gasteiger charge is -2.41. The molecule has 0 saturated carbocycles. The Hall–Kier alpha value is -2.99. The summed E-state index contributed by atoms with van der Waals surface area (Å²) in [5, 5.41) is 9.90. The van der Waals surface area contributed by atoms with E-state index in [1.165, 1.54) is 18.2 Å². The van der Waals surface area contributed by atoms with Crippen molar-refractivity contribution in [2.24, 2.45) is 0 Å². The van der Waals surface area contributed by atoms with Crippen LogP contribution in [-0.2, 0) is 11.2 Å². The van der Waals surface area contributed by atoms with Crippen LogP contribution in [0.1, 0.15) is 55.1 Å². The van der Waals surface area contributed by atoms with Crippen LogP contribution in [0.4, 0.5) is 8.78 Å². The van der Waals surface area contributed by atoms with Crippen LogP contribution in [0.25, 0.3) is 17.0 Å². The van der Waals surface area contributed by atoms with E-state index in [0.29, 0.717) is 0 Å². The van der Waals surface area contributed by atoms with Crippen LogP contribution in [-0.4, -0.2) is 33.5 Å². The predicted molar refractivity (Wildman–Crippen MR) is 118 cm³/mol. The van der Waals surface area contributed by atoms with Gasteiger partial charge in [0.25, 0.3) is 0 Å². The molecule has 2 heterocycles. The summed E-state index contributed by atoms with van der Waals surface area (Å²) in [5.41, 5.74) is 3.09. The summed E-state index contributed by atoms with van der Waals surface area (Å²) in [7, 11) is 0. The Morgan fingerprint density at radius 1 is 1.26 bits per heavy atom. The Kier molecular flexibility index (Phi) is 5.92. The van der Waals surface area contributed by atoms with Crippen LogP contribution in [0.15, 0.2) is 42.5 Å². The zero-order valence-corrected chi connectivity index (χ0v) is 17.7. The largest absolute Gasteiger partial charge is 0.478 e. The third-order valence-corrected chi connectivity index (χ3v) is 6.08. The topological polar surface area (TPSA) is 56.3 Å². The average molecular weight is 424 g/mol. The molecular formula is C25H26F2N2O2. The molecule has 2 N–H and O–H groups in total. The minimum atomic E-state index is -1.17. The van der Waals surface area contributed by atoms with Crippen molar-refractivity contribution in [2.45, 2.75) is 45.2 Å². The van der Waals surface area contributed by atoms with Gasteiger partial charge in [-0.1, -0.05) is 31.5 Å². The highest BCUT2D eigenvalue weighted by atomic mass is 19.1. The fourth-order valence-electron chi connectivity index (χ4n) is 4.64. The number of hydrogen-bond acceptors (Lipinski definition) is 2. The molecule has 0 spiro atoms. The minimum absolute atomic E-state index is 0.00272.